The van der Waals surface area contributed by atoms with E-state index in [0.29, 0.717) is 0 Å². The van der Waals surface area contributed by atoms with Gasteiger partial charge in [-0.25, -0.2) is 4.98 Å². The predicted octanol–water partition coefficient (Wildman–Crippen LogP) is 1.81. The molecule has 2 rings (SSSR count). The van der Waals surface area contributed by atoms with E-state index in [-0.39, 0.29) is 0 Å². The van der Waals surface area contributed by atoms with Crippen LogP contribution in [0.25, 0.3) is 0 Å². The van der Waals surface area contributed by atoms with Crippen molar-refractivity contribution in [2.75, 3.05) is 6.54 Å². The van der Waals surface area contributed by atoms with Crippen LogP contribution in [0.4, 0.5) is 0 Å². The Bertz CT molecular complexity index is 433. The molecule has 4 nitrogen and oxygen atoms in total. The number of hydrogen-bond acceptors (Lipinski definition) is 4. The van der Waals surface area contributed by atoms with Crippen molar-refractivity contribution in [2.45, 2.75) is 26.9 Å². The van der Waals surface area contributed by atoms with E-state index in [9.17, 15) is 0 Å². The maximum Gasteiger partial charge on any atom is 0.106 e. The van der Waals surface area contributed by atoms with Gasteiger partial charge in [-0.05, 0) is 13.5 Å². The van der Waals surface area contributed by atoms with Gasteiger partial charge in [0.1, 0.15) is 5.82 Å². The van der Waals surface area contributed by atoms with Gasteiger partial charge in [-0.2, -0.15) is 0 Å². The van der Waals surface area contributed by atoms with E-state index in [0.717, 1.165) is 25.5 Å². The topological polar surface area (TPSA) is 42.7 Å². The van der Waals surface area contributed by atoms with E-state index >= 15 is 0 Å². The van der Waals surface area contributed by atoms with Gasteiger partial charge in [0.25, 0.3) is 0 Å². The van der Waals surface area contributed by atoms with Crippen LogP contribution in [0.5, 0.6) is 0 Å². The van der Waals surface area contributed by atoms with E-state index in [2.05, 4.69) is 26.8 Å². The minimum Gasteiger partial charge on any atom is -0.326 e. The highest BCUT2D eigenvalue weighted by Gasteiger charge is 2.07. The Morgan fingerprint density at radius 3 is 3.00 bits per heavy atom. The maximum absolute atomic E-state index is 4.36. The summed E-state index contributed by atoms with van der Waals surface area (Å²) in [6.07, 6.45) is 3.86. The van der Waals surface area contributed by atoms with Crippen LogP contribution in [0, 0.1) is 6.92 Å². The van der Waals surface area contributed by atoms with Crippen molar-refractivity contribution >= 4 is 11.3 Å². The minimum absolute atomic E-state index is 0.871. The van der Waals surface area contributed by atoms with Gasteiger partial charge in [0.2, 0.25) is 0 Å². The molecule has 0 aliphatic carbocycles. The van der Waals surface area contributed by atoms with Crippen molar-refractivity contribution in [2.24, 2.45) is 0 Å². The standard InChI is InChI=1S/C11H16N4S/c1-3-12-4-10-5-14-9(2)15(10)7-11-6-13-8-16-11/h5-6,8,12H,3-4,7H2,1-2H3. The highest BCUT2D eigenvalue weighted by atomic mass is 32.1. The smallest absolute Gasteiger partial charge is 0.106 e. The van der Waals surface area contributed by atoms with Crippen molar-refractivity contribution in [3.8, 4) is 0 Å². The van der Waals surface area contributed by atoms with Gasteiger partial charge in [0.15, 0.2) is 0 Å². The number of nitrogens with zero attached hydrogens (tertiary/aromatic N) is 3. The molecule has 0 spiro atoms. The third kappa shape index (κ3) is 2.48. The van der Waals surface area contributed by atoms with E-state index in [4.69, 9.17) is 0 Å². The summed E-state index contributed by atoms with van der Waals surface area (Å²) in [4.78, 5) is 9.71. The zero-order chi connectivity index (χ0) is 11.4. The summed E-state index contributed by atoms with van der Waals surface area (Å²) in [7, 11) is 0. The van der Waals surface area contributed by atoms with Crippen LogP contribution in [0.2, 0.25) is 0 Å². The molecule has 2 aromatic heterocycles. The zero-order valence-electron chi connectivity index (χ0n) is 9.60. The Morgan fingerprint density at radius 1 is 1.44 bits per heavy atom. The van der Waals surface area contributed by atoms with Crippen LogP contribution in [-0.2, 0) is 13.1 Å². The molecule has 0 aromatic carbocycles. The molecule has 0 atom stereocenters. The summed E-state index contributed by atoms with van der Waals surface area (Å²) in [6, 6.07) is 0. The summed E-state index contributed by atoms with van der Waals surface area (Å²) >= 11 is 1.68. The van der Waals surface area contributed by atoms with Gasteiger partial charge in [-0.15, -0.1) is 11.3 Å². The third-order valence-corrected chi connectivity index (χ3v) is 3.26. The average molecular weight is 236 g/mol. The first-order chi connectivity index (χ1) is 7.81. The molecular formula is C11H16N4S. The number of hydrogen-bond donors (Lipinski definition) is 1. The number of rotatable bonds is 5. The Kier molecular flexibility index (Phi) is 3.69. The molecule has 0 unspecified atom stereocenters. The first-order valence-electron chi connectivity index (χ1n) is 5.40. The lowest BCUT2D eigenvalue weighted by Gasteiger charge is -2.08. The van der Waals surface area contributed by atoms with Crippen molar-refractivity contribution in [3.63, 3.8) is 0 Å². The molecule has 0 fully saturated rings. The Balaban J connectivity index is 2.15. The van der Waals surface area contributed by atoms with Crippen LogP contribution in [-0.4, -0.2) is 21.1 Å². The van der Waals surface area contributed by atoms with E-state index in [1.165, 1.54) is 10.6 Å². The van der Waals surface area contributed by atoms with Crippen molar-refractivity contribution in [3.05, 3.63) is 34.3 Å². The van der Waals surface area contributed by atoms with Crippen molar-refractivity contribution in [1.82, 2.24) is 19.9 Å². The van der Waals surface area contributed by atoms with Gasteiger partial charge in [-0.3, -0.25) is 4.98 Å². The number of aromatic nitrogens is 3. The lowest BCUT2D eigenvalue weighted by molar-refractivity contribution is 0.649. The van der Waals surface area contributed by atoms with Crippen molar-refractivity contribution in [1.29, 1.82) is 0 Å². The van der Waals surface area contributed by atoms with E-state index < -0.39 is 0 Å². The molecule has 0 amide bonds. The molecule has 86 valence electrons. The number of imidazole rings is 1. The Hall–Kier alpha value is -1.20. The molecule has 2 aromatic rings. The molecule has 0 saturated heterocycles. The van der Waals surface area contributed by atoms with Crippen LogP contribution >= 0.6 is 11.3 Å². The fourth-order valence-corrected chi connectivity index (χ4v) is 2.18. The number of thiazole rings is 1. The first kappa shape index (κ1) is 11.3. The summed E-state index contributed by atoms with van der Waals surface area (Å²) in [5, 5.41) is 3.32. The van der Waals surface area contributed by atoms with Gasteiger partial charge in [0, 0.05) is 23.8 Å². The molecular weight excluding hydrogens is 220 g/mol. The van der Waals surface area contributed by atoms with Gasteiger partial charge >= 0.3 is 0 Å². The monoisotopic (exact) mass is 236 g/mol. The quantitative estimate of drug-likeness (QED) is 0.861. The minimum atomic E-state index is 0.871. The first-order valence-corrected chi connectivity index (χ1v) is 6.28. The van der Waals surface area contributed by atoms with Crippen LogP contribution in [0.15, 0.2) is 17.9 Å². The molecule has 0 aliphatic rings. The molecule has 5 heteroatoms. The zero-order valence-corrected chi connectivity index (χ0v) is 10.4. The molecule has 0 saturated carbocycles. The fraction of sp³-hybridized carbons (Fsp3) is 0.455. The average Bonchev–Trinajstić information content (AvgIpc) is 2.89. The van der Waals surface area contributed by atoms with Crippen LogP contribution in [0.3, 0.4) is 0 Å². The number of nitrogens with one attached hydrogen (secondary N) is 1. The van der Waals surface area contributed by atoms with Crippen molar-refractivity contribution < 1.29 is 0 Å². The Morgan fingerprint density at radius 2 is 2.31 bits per heavy atom. The molecule has 0 aliphatic heterocycles. The second-order valence-electron chi connectivity index (χ2n) is 3.63. The number of aryl methyl sites for hydroxylation is 1. The van der Waals surface area contributed by atoms with Gasteiger partial charge < -0.3 is 9.88 Å². The summed E-state index contributed by atoms with van der Waals surface area (Å²) in [5.41, 5.74) is 3.10. The second kappa shape index (κ2) is 5.23. The molecule has 1 N–H and O–H groups in total. The van der Waals surface area contributed by atoms with E-state index in [1.807, 2.05) is 24.8 Å². The molecule has 16 heavy (non-hydrogen) atoms. The normalized spacial score (nSPS) is 10.9. The summed E-state index contributed by atoms with van der Waals surface area (Å²) in [5.74, 6) is 1.06. The highest BCUT2D eigenvalue weighted by molar-refractivity contribution is 7.09. The highest BCUT2D eigenvalue weighted by Crippen LogP contribution is 2.12. The van der Waals surface area contributed by atoms with Gasteiger partial charge in [-0.1, -0.05) is 6.92 Å². The van der Waals surface area contributed by atoms with E-state index in [1.54, 1.807) is 11.3 Å². The second-order valence-corrected chi connectivity index (χ2v) is 4.60. The Labute approximate surface area is 99.4 Å². The van der Waals surface area contributed by atoms with Crippen LogP contribution in [0.1, 0.15) is 23.3 Å². The van der Waals surface area contributed by atoms with Crippen LogP contribution < -0.4 is 5.32 Å². The maximum atomic E-state index is 4.36. The SMILES string of the molecule is CCNCc1cnc(C)n1Cc1cncs1. The largest absolute Gasteiger partial charge is 0.326 e. The molecule has 2 heterocycles. The lowest BCUT2D eigenvalue weighted by Crippen LogP contribution is -2.16. The molecule has 0 bridgehead atoms. The fourth-order valence-electron chi connectivity index (χ4n) is 1.60. The lowest BCUT2D eigenvalue weighted by atomic mass is 10.4. The predicted molar refractivity (Wildman–Crippen MR) is 65.6 cm³/mol. The third-order valence-electron chi connectivity index (χ3n) is 2.49. The van der Waals surface area contributed by atoms with Gasteiger partial charge in [0.05, 0.1) is 17.7 Å². The summed E-state index contributed by atoms with van der Waals surface area (Å²) in [6.45, 7) is 6.87. The molecule has 0 radical (unpaired) electrons. The summed E-state index contributed by atoms with van der Waals surface area (Å²) < 4.78 is 2.23.